The number of hydrogen-bond acceptors (Lipinski definition) is 4. The van der Waals surface area contributed by atoms with Gasteiger partial charge >= 0.3 is 0 Å². The second kappa shape index (κ2) is 6.79. The van der Waals surface area contributed by atoms with Gasteiger partial charge in [0, 0.05) is 18.6 Å². The fraction of sp³-hybridized carbons (Fsp3) is 0.611. The lowest BCUT2D eigenvalue weighted by Gasteiger charge is -2.33. The number of ether oxygens (including phenoxy) is 2. The molecule has 0 aliphatic carbocycles. The summed E-state index contributed by atoms with van der Waals surface area (Å²) >= 11 is 0. The van der Waals surface area contributed by atoms with Crippen molar-refractivity contribution in [2.75, 3.05) is 34.4 Å². The maximum absolute atomic E-state index is 13.1. The fourth-order valence-electron chi connectivity index (χ4n) is 4.00. The van der Waals surface area contributed by atoms with E-state index in [9.17, 15) is 4.79 Å². The number of carbonyl (C=O) groups excluding carboxylic acids is 1. The van der Waals surface area contributed by atoms with Gasteiger partial charge in [0.15, 0.2) is 0 Å². The van der Waals surface area contributed by atoms with Crippen LogP contribution >= 0.6 is 0 Å². The van der Waals surface area contributed by atoms with Crippen LogP contribution in [0.15, 0.2) is 18.2 Å². The summed E-state index contributed by atoms with van der Waals surface area (Å²) in [5, 5.41) is 0. The minimum Gasteiger partial charge on any atom is -0.497 e. The van der Waals surface area contributed by atoms with E-state index in [0.29, 0.717) is 29.1 Å². The summed E-state index contributed by atoms with van der Waals surface area (Å²) in [5.41, 5.74) is 0.597. The molecule has 2 saturated heterocycles. The molecule has 2 fully saturated rings. The Morgan fingerprint density at radius 2 is 1.83 bits per heavy atom. The van der Waals surface area contributed by atoms with Gasteiger partial charge in [0.2, 0.25) is 0 Å². The topological polar surface area (TPSA) is 42.0 Å². The van der Waals surface area contributed by atoms with E-state index in [1.54, 1.807) is 26.4 Å². The molecule has 0 saturated carbocycles. The molecule has 1 aromatic rings. The normalized spacial score (nSPS) is 24.9. The van der Waals surface area contributed by atoms with E-state index in [1.165, 1.54) is 12.8 Å². The molecule has 1 aromatic carbocycles. The van der Waals surface area contributed by atoms with E-state index < -0.39 is 0 Å². The van der Waals surface area contributed by atoms with Crippen LogP contribution in [-0.2, 0) is 0 Å². The summed E-state index contributed by atoms with van der Waals surface area (Å²) in [6, 6.07) is 6.21. The first-order valence-electron chi connectivity index (χ1n) is 8.39. The quantitative estimate of drug-likeness (QED) is 0.855. The lowest BCUT2D eigenvalue weighted by molar-refractivity contribution is 0.0661. The molecule has 126 valence electrons. The van der Waals surface area contributed by atoms with Gasteiger partial charge in [-0.15, -0.1) is 0 Å². The van der Waals surface area contributed by atoms with E-state index in [1.807, 2.05) is 11.0 Å². The average Bonchev–Trinajstić information content (AvgIpc) is 3.21. The van der Waals surface area contributed by atoms with Crippen LogP contribution in [0.1, 0.15) is 36.0 Å². The zero-order valence-electron chi connectivity index (χ0n) is 14.2. The van der Waals surface area contributed by atoms with Gasteiger partial charge < -0.3 is 19.3 Å². The summed E-state index contributed by atoms with van der Waals surface area (Å²) in [4.78, 5) is 17.6. The molecule has 3 rings (SSSR count). The SMILES string of the molecule is COc1ccc(OC)c(C(=O)N2CCC[C@H]2[C@H]2CCCN2C)c1. The van der Waals surface area contributed by atoms with Gasteiger partial charge in [-0.1, -0.05) is 0 Å². The Morgan fingerprint density at radius 3 is 2.48 bits per heavy atom. The van der Waals surface area contributed by atoms with Crippen molar-refractivity contribution in [3.8, 4) is 11.5 Å². The molecule has 1 amide bonds. The van der Waals surface area contributed by atoms with Crippen LogP contribution in [-0.4, -0.2) is 62.1 Å². The first-order valence-corrected chi connectivity index (χ1v) is 8.39. The third-order valence-corrected chi connectivity index (χ3v) is 5.22. The predicted molar refractivity (Wildman–Crippen MR) is 89.3 cm³/mol. The Hall–Kier alpha value is -1.75. The number of nitrogens with zero attached hydrogens (tertiary/aromatic N) is 2. The number of benzene rings is 1. The number of likely N-dealkylation sites (N-methyl/N-ethyl adjacent to an activating group) is 1. The summed E-state index contributed by atoms with van der Waals surface area (Å²) in [6.07, 6.45) is 4.57. The maximum atomic E-state index is 13.1. The fourth-order valence-corrected chi connectivity index (χ4v) is 4.00. The van der Waals surface area contributed by atoms with Crippen LogP contribution in [0.2, 0.25) is 0 Å². The lowest BCUT2D eigenvalue weighted by Crippen LogP contribution is -2.47. The molecule has 0 radical (unpaired) electrons. The van der Waals surface area contributed by atoms with Crippen molar-refractivity contribution >= 4 is 5.91 Å². The Labute approximate surface area is 138 Å². The van der Waals surface area contributed by atoms with Gasteiger partial charge in [-0.2, -0.15) is 0 Å². The third-order valence-electron chi connectivity index (χ3n) is 5.22. The van der Waals surface area contributed by atoms with Gasteiger partial charge in [0.1, 0.15) is 11.5 Å². The van der Waals surface area contributed by atoms with Crippen LogP contribution in [0.25, 0.3) is 0 Å². The summed E-state index contributed by atoms with van der Waals surface area (Å²) in [7, 11) is 5.39. The Morgan fingerprint density at radius 1 is 1.09 bits per heavy atom. The molecule has 0 unspecified atom stereocenters. The zero-order chi connectivity index (χ0) is 16.4. The number of carbonyl (C=O) groups is 1. The van der Waals surface area contributed by atoms with Crippen LogP contribution in [0.5, 0.6) is 11.5 Å². The first-order chi connectivity index (χ1) is 11.2. The summed E-state index contributed by atoms with van der Waals surface area (Å²) in [5.74, 6) is 1.35. The molecule has 0 spiro atoms. The smallest absolute Gasteiger partial charge is 0.258 e. The van der Waals surface area contributed by atoms with Crippen LogP contribution in [0.4, 0.5) is 0 Å². The van der Waals surface area contributed by atoms with Crippen LogP contribution in [0, 0.1) is 0 Å². The number of methoxy groups -OCH3 is 2. The average molecular weight is 318 g/mol. The van der Waals surface area contributed by atoms with Gasteiger partial charge in [-0.3, -0.25) is 4.79 Å². The second-order valence-corrected chi connectivity index (χ2v) is 6.46. The van der Waals surface area contributed by atoms with Crippen molar-refractivity contribution in [2.45, 2.75) is 37.8 Å². The molecule has 0 aromatic heterocycles. The van der Waals surface area contributed by atoms with Gasteiger partial charge in [-0.05, 0) is 57.5 Å². The largest absolute Gasteiger partial charge is 0.497 e. The van der Waals surface area contributed by atoms with Crippen molar-refractivity contribution in [1.82, 2.24) is 9.80 Å². The molecule has 2 aliphatic rings. The Bertz CT molecular complexity index is 575. The van der Waals surface area contributed by atoms with Crippen molar-refractivity contribution in [2.24, 2.45) is 0 Å². The van der Waals surface area contributed by atoms with E-state index >= 15 is 0 Å². The van der Waals surface area contributed by atoms with Crippen LogP contribution in [0.3, 0.4) is 0 Å². The van der Waals surface area contributed by atoms with E-state index in [4.69, 9.17) is 9.47 Å². The predicted octanol–water partition coefficient (Wildman–Crippen LogP) is 2.40. The molecule has 5 nitrogen and oxygen atoms in total. The zero-order valence-corrected chi connectivity index (χ0v) is 14.2. The molecule has 2 aliphatic heterocycles. The van der Waals surface area contributed by atoms with E-state index in [2.05, 4.69) is 11.9 Å². The van der Waals surface area contributed by atoms with Crippen molar-refractivity contribution in [1.29, 1.82) is 0 Å². The highest BCUT2D eigenvalue weighted by molar-refractivity contribution is 5.97. The summed E-state index contributed by atoms with van der Waals surface area (Å²) < 4.78 is 10.7. The number of hydrogen-bond donors (Lipinski definition) is 0. The maximum Gasteiger partial charge on any atom is 0.258 e. The number of likely N-dealkylation sites (tertiary alicyclic amines) is 2. The van der Waals surface area contributed by atoms with Gasteiger partial charge in [0.25, 0.3) is 5.91 Å². The highest BCUT2D eigenvalue weighted by atomic mass is 16.5. The van der Waals surface area contributed by atoms with Crippen molar-refractivity contribution < 1.29 is 14.3 Å². The monoisotopic (exact) mass is 318 g/mol. The molecule has 23 heavy (non-hydrogen) atoms. The van der Waals surface area contributed by atoms with Gasteiger partial charge in [0.05, 0.1) is 19.8 Å². The van der Waals surface area contributed by atoms with E-state index in [0.717, 1.165) is 25.9 Å². The summed E-state index contributed by atoms with van der Waals surface area (Å²) in [6.45, 7) is 1.96. The van der Waals surface area contributed by atoms with Crippen LogP contribution < -0.4 is 9.47 Å². The molecule has 0 N–H and O–H groups in total. The molecule has 2 heterocycles. The second-order valence-electron chi connectivity index (χ2n) is 6.46. The molecular formula is C18H26N2O3. The number of rotatable bonds is 4. The third kappa shape index (κ3) is 3.02. The number of amides is 1. The van der Waals surface area contributed by atoms with E-state index in [-0.39, 0.29) is 5.91 Å². The molecule has 0 bridgehead atoms. The Kier molecular flexibility index (Phi) is 4.76. The first kappa shape index (κ1) is 16.1. The minimum atomic E-state index is 0.0588. The van der Waals surface area contributed by atoms with Crippen molar-refractivity contribution in [3.63, 3.8) is 0 Å². The highest BCUT2D eigenvalue weighted by Gasteiger charge is 2.39. The molecule has 5 heteroatoms. The Balaban J connectivity index is 1.87. The minimum absolute atomic E-state index is 0.0588. The standard InChI is InChI=1S/C18H26N2O3/c1-19-10-4-6-15(19)16-7-5-11-20(16)18(21)14-12-13(22-2)8-9-17(14)23-3/h8-9,12,15-16H,4-7,10-11H2,1-3H3/t15-,16+/m1/s1. The molecule has 2 atom stereocenters. The lowest BCUT2D eigenvalue weighted by atomic mass is 10.0. The highest BCUT2D eigenvalue weighted by Crippen LogP contribution is 2.32. The van der Waals surface area contributed by atoms with Gasteiger partial charge in [-0.25, -0.2) is 0 Å². The molecular weight excluding hydrogens is 292 g/mol. The van der Waals surface area contributed by atoms with Crippen molar-refractivity contribution in [3.05, 3.63) is 23.8 Å².